The van der Waals surface area contributed by atoms with Crippen molar-refractivity contribution in [2.75, 3.05) is 7.11 Å². The first kappa shape index (κ1) is 10.7. The first-order valence-corrected chi connectivity index (χ1v) is 6.86. The number of ether oxygens (including phenoxy) is 1. The lowest BCUT2D eigenvalue weighted by Gasteiger charge is -2.38. The number of methoxy groups -OCH3 is 1. The van der Waals surface area contributed by atoms with Gasteiger partial charge in [0.05, 0.1) is 5.69 Å². The second kappa shape index (κ2) is 3.79. The van der Waals surface area contributed by atoms with E-state index in [1.165, 1.54) is 34.8 Å². The highest BCUT2D eigenvalue weighted by Crippen LogP contribution is 2.49. The summed E-state index contributed by atoms with van der Waals surface area (Å²) >= 11 is 1.77. The van der Waals surface area contributed by atoms with Crippen LogP contribution in [0, 0.1) is 0 Å². The van der Waals surface area contributed by atoms with E-state index >= 15 is 0 Å². The zero-order chi connectivity index (χ0) is 11.2. The van der Waals surface area contributed by atoms with E-state index in [9.17, 15) is 0 Å². The minimum absolute atomic E-state index is 0.0677. The number of rotatable bonds is 4. The molecule has 16 heavy (non-hydrogen) atoms. The Bertz CT molecular complexity index is 388. The SMILES string of the molecule is COC1(c2nc(C3CC3)c(CN)s2)CCC1. The van der Waals surface area contributed by atoms with Gasteiger partial charge in [-0.2, -0.15) is 0 Å². The van der Waals surface area contributed by atoms with Gasteiger partial charge in [-0.25, -0.2) is 4.98 Å². The maximum atomic E-state index is 5.80. The van der Waals surface area contributed by atoms with E-state index in [2.05, 4.69) is 0 Å². The van der Waals surface area contributed by atoms with Crippen LogP contribution in [0.1, 0.15) is 53.6 Å². The molecule has 0 spiro atoms. The zero-order valence-corrected chi connectivity index (χ0v) is 10.5. The van der Waals surface area contributed by atoms with Gasteiger partial charge < -0.3 is 10.5 Å². The summed E-state index contributed by atoms with van der Waals surface area (Å²) in [6.07, 6.45) is 6.06. The average molecular weight is 238 g/mol. The van der Waals surface area contributed by atoms with Crippen LogP contribution < -0.4 is 5.73 Å². The van der Waals surface area contributed by atoms with E-state index in [1.807, 2.05) is 0 Å². The van der Waals surface area contributed by atoms with Gasteiger partial charge in [0.15, 0.2) is 0 Å². The largest absolute Gasteiger partial charge is 0.371 e. The van der Waals surface area contributed by atoms with Crippen LogP contribution in [0.25, 0.3) is 0 Å². The van der Waals surface area contributed by atoms with Crippen LogP contribution in [0.5, 0.6) is 0 Å². The molecule has 0 atom stereocenters. The van der Waals surface area contributed by atoms with Gasteiger partial charge in [-0.3, -0.25) is 0 Å². The van der Waals surface area contributed by atoms with E-state index in [4.69, 9.17) is 15.5 Å². The minimum Gasteiger partial charge on any atom is -0.371 e. The molecule has 4 heteroatoms. The summed E-state index contributed by atoms with van der Waals surface area (Å²) in [6.45, 7) is 0.628. The number of thiazole rings is 1. The van der Waals surface area contributed by atoms with Crippen molar-refractivity contribution in [1.29, 1.82) is 0 Å². The van der Waals surface area contributed by atoms with Gasteiger partial charge in [0.25, 0.3) is 0 Å². The van der Waals surface area contributed by atoms with Crippen LogP contribution in [0.2, 0.25) is 0 Å². The number of aromatic nitrogens is 1. The Labute approximate surface area is 100 Å². The Balaban J connectivity index is 1.95. The summed E-state index contributed by atoms with van der Waals surface area (Å²) < 4.78 is 5.68. The summed E-state index contributed by atoms with van der Waals surface area (Å²) in [6, 6.07) is 0. The minimum atomic E-state index is -0.0677. The first-order valence-electron chi connectivity index (χ1n) is 6.04. The van der Waals surface area contributed by atoms with Crippen LogP contribution in [0.15, 0.2) is 0 Å². The molecule has 1 aromatic heterocycles. The van der Waals surface area contributed by atoms with E-state index < -0.39 is 0 Å². The van der Waals surface area contributed by atoms with Crippen LogP contribution >= 0.6 is 11.3 Å². The van der Waals surface area contributed by atoms with Crippen LogP contribution in [-0.2, 0) is 16.9 Å². The van der Waals surface area contributed by atoms with Crippen molar-refractivity contribution in [3.8, 4) is 0 Å². The molecule has 0 aromatic carbocycles. The van der Waals surface area contributed by atoms with Crippen molar-refractivity contribution in [1.82, 2.24) is 4.98 Å². The summed E-state index contributed by atoms with van der Waals surface area (Å²) in [5.74, 6) is 0.692. The highest BCUT2D eigenvalue weighted by molar-refractivity contribution is 7.11. The molecule has 2 aliphatic rings. The van der Waals surface area contributed by atoms with Gasteiger partial charge in [0.2, 0.25) is 0 Å². The Hall–Kier alpha value is -0.450. The summed E-state index contributed by atoms with van der Waals surface area (Å²) in [5, 5.41) is 1.17. The topological polar surface area (TPSA) is 48.1 Å². The average Bonchev–Trinajstić information content (AvgIpc) is 2.99. The number of hydrogen-bond acceptors (Lipinski definition) is 4. The molecule has 0 aliphatic heterocycles. The van der Waals surface area contributed by atoms with Gasteiger partial charge in [0.1, 0.15) is 10.6 Å². The maximum Gasteiger partial charge on any atom is 0.125 e. The standard InChI is InChI=1S/C12H18N2OS/c1-15-12(5-2-6-12)11-14-10(8-3-4-8)9(7-13)16-11/h8H,2-7,13H2,1H3. The molecular formula is C12H18N2OS. The predicted molar refractivity (Wildman–Crippen MR) is 64.5 cm³/mol. The highest BCUT2D eigenvalue weighted by Gasteiger charge is 2.43. The smallest absolute Gasteiger partial charge is 0.125 e. The lowest BCUT2D eigenvalue weighted by Crippen LogP contribution is -2.35. The van der Waals surface area contributed by atoms with Crippen LogP contribution in [-0.4, -0.2) is 12.1 Å². The fourth-order valence-electron chi connectivity index (χ4n) is 2.38. The molecule has 0 bridgehead atoms. The molecule has 2 saturated carbocycles. The lowest BCUT2D eigenvalue weighted by molar-refractivity contribution is -0.0780. The Kier molecular flexibility index (Phi) is 2.53. The third-order valence-electron chi connectivity index (χ3n) is 3.82. The van der Waals surface area contributed by atoms with Gasteiger partial charge in [0, 0.05) is 24.4 Å². The van der Waals surface area contributed by atoms with Crippen molar-refractivity contribution in [2.24, 2.45) is 5.73 Å². The van der Waals surface area contributed by atoms with E-state index in [-0.39, 0.29) is 5.60 Å². The predicted octanol–water partition coefficient (Wildman–Crippen LogP) is 2.50. The quantitative estimate of drug-likeness (QED) is 0.876. The van der Waals surface area contributed by atoms with Crippen molar-refractivity contribution >= 4 is 11.3 Å². The fourth-order valence-corrected chi connectivity index (χ4v) is 3.63. The fraction of sp³-hybridized carbons (Fsp3) is 0.750. The van der Waals surface area contributed by atoms with Crippen LogP contribution in [0.3, 0.4) is 0 Å². The lowest BCUT2D eigenvalue weighted by atomic mass is 9.80. The van der Waals surface area contributed by atoms with Crippen molar-refractivity contribution in [3.63, 3.8) is 0 Å². The van der Waals surface area contributed by atoms with Crippen molar-refractivity contribution in [3.05, 3.63) is 15.6 Å². The molecule has 2 N–H and O–H groups in total. The highest BCUT2D eigenvalue weighted by atomic mass is 32.1. The van der Waals surface area contributed by atoms with Crippen molar-refractivity contribution in [2.45, 2.75) is 50.2 Å². The van der Waals surface area contributed by atoms with Gasteiger partial charge >= 0.3 is 0 Å². The summed E-state index contributed by atoms with van der Waals surface area (Å²) in [7, 11) is 1.81. The second-order valence-electron chi connectivity index (χ2n) is 4.86. The van der Waals surface area contributed by atoms with Gasteiger partial charge in [-0.05, 0) is 32.1 Å². The monoisotopic (exact) mass is 238 g/mol. The molecule has 3 rings (SSSR count). The van der Waals surface area contributed by atoms with Gasteiger partial charge in [-0.15, -0.1) is 11.3 Å². The van der Waals surface area contributed by atoms with Crippen molar-refractivity contribution < 1.29 is 4.74 Å². The Morgan fingerprint density at radius 1 is 1.50 bits per heavy atom. The van der Waals surface area contributed by atoms with E-state index in [0.29, 0.717) is 12.5 Å². The maximum absolute atomic E-state index is 5.80. The molecule has 1 aromatic rings. The summed E-state index contributed by atoms with van der Waals surface area (Å²) in [5.41, 5.74) is 7.00. The summed E-state index contributed by atoms with van der Waals surface area (Å²) in [4.78, 5) is 6.10. The molecular weight excluding hydrogens is 220 g/mol. The molecule has 0 amide bonds. The Morgan fingerprint density at radius 2 is 2.25 bits per heavy atom. The third-order valence-corrected chi connectivity index (χ3v) is 5.10. The van der Waals surface area contributed by atoms with Gasteiger partial charge in [-0.1, -0.05) is 0 Å². The molecule has 0 saturated heterocycles. The number of nitrogens with zero attached hydrogens (tertiary/aromatic N) is 1. The molecule has 0 unspecified atom stereocenters. The Morgan fingerprint density at radius 3 is 2.69 bits per heavy atom. The number of hydrogen-bond donors (Lipinski definition) is 1. The molecule has 88 valence electrons. The number of nitrogens with two attached hydrogens (primary N) is 1. The van der Waals surface area contributed by atoms with E-state index in [0.717, 1.165) is 12.8 Å². The van der Waals surface area contributed by atoms with Crippen LogP contribution in [0.4, 0.5) is 0 Å². The second-order valence-corrected chi connectivity index (χ2v) is 5.94. The normalized spacial score (nSPS) is 23.1. The molecule has 0 radical (unpaired) electrons. The first-order chi connectivity index (χ1) is 7.79. The van der Waals surface area contributed by atoms with E-state index in [1.54, 1.807) is 18.4 Å². The third kappa shape index (κ3) is 1.51. The molecule has 2 fully saturated rings. The molecule has 1 heterocycles. The zero-order valence-electron chi connectivity index (χ0n) is 9.66. The molecule has 2 aliphatic carbocycles. The molecule has 3 nitrogen and oxygen atoms in total.